The van der Waals surface area contributed by atoms with E-state index in [1.165, 1.54) is 0 Å². The summed E-state index contributed by atoms with van der Waals surface area (Å²) in [6.07, 6.45) is 2.83. The van der Waals surface area contributed by atoms with Gasteiger partial charge in [0, 0.05) is 25.8 Å². The molecule has 124 valence electrons. The first kappa shape index (κ1) is 15.8. The number of likely N-dealkylation sites (tertiary alicyclic amines) is 1. The van der Waals surface area contributed by atoms with Crippen molar-refractivity contribution < 1.29 is 4.79 Å². The molecule has 23 heavy (non-hydrogen) atoms. The minimum absolute atomic E-state index is 0.0181. The Bertz CT molecular complexity index is 766. The molecule has 1 aliphatic rings. The molecule has 3 heterocycles. The molecular weight excluding hydrogens is 292 g/mol. The van der Waals surface area contributed by atoms with Crippen LogP contribution >= 0.6 is 0 Å². The number of carbonyl (C=O) groups excluding carboxylic acids is 1. The Balaban J connectivity index is 1.91. The summed E-state index contributed by atoms with van der Waals surface area (Å²) < 4.78 is 3.17. The highest BCUT2D eigenvalue weighted by molar-refractivity contribution is 5.79. The predicted octanol–water partition coefficient (Wildman–Crippen LogP) is 1.72. The van der Waals surface area contributed by atoms with E-state index < -0.39 is 0 Å². The molecule has 0 saturated carbocycles. The fraction of sp³-hybridized carbons (Fsp3) is 0.588. The molecule has 0 bridgehead atoms. The SMILES string of the molecule is CCn1c(=O)n(CC(=O)N2C[C@H](C)C[C@H](C)C2)c2cccnc21. The quantitative estimate of drug-likeness (QED) is 0.866. The van der Waals surface area contributed by atoms with Crippen molar-refractivity contribution in [3.8, 4) is 0 Å². The van der Waals surface area contributed by atoms with Crippen LogP contribution in [0.4, 0.5) is 0 Å². The fourth-order valence-electron chi connectivity index (χ4n) is 3.69. The lowest BCUT2D eigenvalue weighted by Gasteiger charge is -2.35. The van der Waals surface area contributed by atoms with E-state index in [2.05, 4.69) is 18.8 Å². The van der Waals surface area contributed by atoms with Gasteiger partial charge < -0.3 is 4.90 Å². The third-order valence-corrected chi connectivity index (χ3v) is 4.61. The lowest BCUT2D eigenvalue weighted by molar-refractivity contribution is -0.134. The Morgan fingerprint density at radius 1 is 1.26 bits per heavy atom. The average Bonchev–Trinajstić information content (AvgIpc) is 2.78. The summed E-state index contributed by atoms with van der Waals surface area (Å²) in [6.45, 7) is 8.46. The standard InChI is InChI=1S/C17H24N4O2/c1-4-20-16-14(6-5-7-18-16)21(17(20)23)11-15(22)19-9-12(2)8-13(3)10-19/h5-7,12-13H,4,8-11H2,1-3H3/t12-,13+. The van der Waals surface area contributed by atoms with Crippen molar-refractivity contribution in [1.82, 2.24) is 19.0 Å². The van der Waals surface area contributed by atoms with Gasteiger partial charge in [0.25, 0.3) is 0 Å². The first-order valence-electron chi connectivity index (χ1n) is 8.33. The molecule has 2 atom stereocenters. The van der Waals surface area contributed by atoms with Gasteiger partial charge in [0.2, 0.25) is 5.91 Å². The molecule has 0 unspecified atom stereocenters. The largest absolute Gasteiger partial charge is 0.341 e. The van der Waals surface area contributed by atoms with Crippen molar-refractivity contribution in [1.29, 1.82) is 0 Å². The van der Waals surface area contributed by atoms with Crippen molar-refractivity contribution >= 4 is 17.1 Å². The Kier molecular flexibility index (Phi) is 4.24. The second-order valence-electron chi connectivity index (χ2n) is 6.70. The second kappa shape index (κ2) is 6.18. The molecule has 1 aliphatic heterocycles. The van der Waals surface area contributed by atoms with Crippen LogP contribution in [0.2, 0.25) is 0 Å². The van der Waals surface area contributed by atoms with Crippen LogP contribution in [0.1, 0.15) is 27.2 Å². The summed E-state index contributed by atoms with van der Waals surface area (Å²) in [6, 6.07) is 3.65. The molecule has 1 fully saturated rings. The zero-order valence-corrected chi connectivity index (χ0v) is 14.0. The first-order valence-corrected chi connectivity index (χ1v) is 8.33. The summed E-state index contributed by atoms with van der Waals surface area (Å²) >= 11 is 0. The number of aryl methyl sites for hydroxylation is 1. The second-order valence-corrected chi connectivity index (χ2v) is 6.70. The van der Waals surface area contributed by atoms with Gasteiger partial charge in [-0.25, -0.2) is 9.78 Å². The Morgan fingerprint density at radius 2 is 1.96 bits per heavy atom. The number of piperidine rings is 1. The van der Waals surface area contributed by atoms with Crippen LogP contribution in [0.3, 0.4) is 0 Å². The van der Waals surface area contributed by atoms with Gasteiger partial charge in [-0.15, -0.1) is 0 Å². The topological polar surface area (TPSA) is 60.1 Å². The molecule has 0 aromatic carbocycles. The maximum Gasteiger partial charge on any atom is 0.330 e. The fourth-order valence-corrected chi connectivity index (χ4v) is 3.69. The normalized spacial score (nSPS) is 21.8. The molecule has 0 aliphatic carbocycles. The minimum Gasteiger partial charge on any atom is -0.341 e. The smallest absolute Gasteiger partial charge is 0.330 e. The number of nitrogens with zero attached hydrogens (tertiary/aromatic N) is 4. The van der Waals surface area contributed by atoms with E-state index in [4.69, 9.17) is 0 Å². The van der Waals surface area contributed by atoms with Crippen LogP contribution in [-0.2, 0) is 17.9 Å². The molecule has 0 N–H and O–H groups in total. The number of hydrogen-bond acceptors (Lipinski definition) is 3. The number of hydrogen-bond donors (Lipinski definition) is 0. The monoisotopic (exact) mass is 316 g/mol. The number of fused-ring (bicyclic) bond motifs is 1. The van der Waals surface area contributed by atoms with Gasteiger partial charge >= 0.3 is 5.69 Å². The van der Waals surface area contributed by atoms with Crippen molar-refractivity contribution in [3.05, 3.63) is 28.8 Å². The van der Waals surface area contributed by atoms with Crippen LogP contribution in [0.5, 0.6) is 0 Å². The highest BCUT2D eigenvalue weighted by Gasteiger charge is 2.26. The van der Waals surface area contributed by atoms with Crippen molar-refractivity contribution in [2.24, 2.45) is 11.8 Å². The van der Waals surface area contributed by atoms with Gasteiger partial charge in [0.05, 0.1) is 5.52 Å². The highest BCUT2D eigenvalue weighted by atomic mass is 16.2. The lowest BCUT2D eigenvalue weighted by atomic mass is 9.92. The molecule has 1 amide bonds. The third-order valence-electron chi connectivity index (χ3n) is 4.61. The van der Waals surface area contributed by atoms with E-state index in [0.29, 0.717) is 24.0 Å². The van der Waals surface area contributed by atoms with Gasteiger partial charge in [-0.05, 0) is 37.3 Å². The molecule has 0 spiro atoms. The van der Waals surface area contributed by atoms with Crippen LogP contribution < -0.4 is 5.69 Å². The molecule has 3 rings (SSSR count). The number of imidazole rings is 1. The van der Waals surface area contributed by atoms with E-state index in [0.717, 1.165) is 25.0 Å². The summed E-state index contributed by atoms with van der Waals surface area (Å²) in [4.78, 5) is 31.5. The zero-order chi connectivity index (χ0) is 16.6. The van der Waals surface area contributed by atoms with E-state index >= 15 is 0 Å². The molecule has 2 aromatic heterocycles. The van der Waals surface area contributed by atoms with Crippen LogP contribution in [0.25, 0.3) is 11.2 Å². The number of carbonyl (C=O) groups is 1. The molecule has 6 nitrogen and oxygen atoms in total. The molecule has 6 heteroatoms. The summed E-state index contributed by atoms with van der Waals surface area (Å²) in [5, 5.41) is 0. The first-order chi connectivity index (χ1) is 11.0. The zero-order valence-electron chi connectivity index (χ0n) is 14.0. The Morgan fingerprint density at radius 3 is 2.61 bits per heavy atom. The minimum atomic E-state index is -0.160. The Hall–Kier alpha value is -2.11. The highest BCUT2D eigenvalue weighted by Crippen LogP contribution is 2.21. The lowest BCUT2D eigenvalue weighted by Crippen LogP contribution is -2.44. The number of amides is 1. The third kappa shape index (κ3) is 2.90. The van der Waals surface area contributed by atoms with Crippen molar-refractivity contribution in [2.45, 2.75) is 40.3 Å². The van der Waals surface area contributed by atoms with Gasteiger partial charge in [-0.2, -0.15) is 0 Å². The van der Waals surface area contributed by atoms with Crippen LogP contribution in [0.15, 0.2) is 23.1 Å². The molecule has 0 radical (unpaired) electrons. The van der Waals surface area contributed by atoms with E-state index in [1.807, 2.05) is 17.9 Å². The summed E-state index contributed by atoms with van der Waals surface area (Å²) in [7, 11) is 0. The van der Waals surface area contributed by atoms with Gasteiger partial charge in [-0.3, -0.25) is 13.9 Å². The van der Waals surface area contributed by atoms with E-state index in [1.54, 1.807) is 21.4 Å². The van der Waals surface area contributed by atoms with Crippen molar-refractivity contribution in [3.63, 3.8) is 0 Å². The van der Waals surface area contributed by atoms with Crippen LogP contribution in [-0.4, -0.2) is 38.0 Å². The number of aromatic nitrogens is 3. The summed E-state index contributed by atoms with van der Waals surface area (Å²) in [5.41, 5.74) is 1.21. The maximum absolute atomic E-state index is 12.7. The summed E-state index contributed by atoms with van der Waals surface area (Å²) in [5.74, 6) is 1.04. The molecule has 1 saturated heterocycles. The van der Waals surface area contributed by atoms with Crippen LogP contribution in [0, 0.1) is 11.8 Å². The van der Waals surface area contributed by atoms with Crippen molar-refractivity contribution in [2.75, 3.05) is 13.1 Å². The number of pyridine rings is 1. The van der Waals surface area contributed by atoms with E-state index in [9.17, 15) is 9.59 Å². The van der Waals surface area contributed by atoms with Gasteiger partial charge in [0.1, 0.15) is 6.54 Å². The maximum atomic E-state index is 12.7. The predicted molar refractivity (Wildman–Crippen MR) is 89.2 cm³/mol. The molecular formula is C17H24N4O2. The van der Waals surface area contributed by atoms with Gasteiger partial charge in [0.15, 0.2) is 5.65 Å². The Labute approximate surface area is 135 Å². The van der Waals surface area contributed by atoms with E-state index in [-0.39, 0.29) is 18.1 Å². The van der Waals surface area contributed by atoms with Gasteiger partial charge in [-0.1, -0.05) is 13.8 Å². The number of rotatable bonds is 3. The average molecular weight is 316 g/mol. The molecule has 2 aromatic rings.